The quantitative estimate of drug-likeness (QED) is 0.628. The van der Waals surface area contributed by atoms with Crippen LogP contribution in [0.25, 0.3) is 0 Å². The molecule has 1 aromatic carbocycles. The third-order valence-electron chi connectivity index (χ3n) is 3.04. The van der Waals surface area contributed by atoms with Crippen LogP contribution < -0.4 is 4.90 Å². The van der Waals surface area contributed by atoms with Crippen molar-refractivity contribution in [3.63, 3.8) is 0 Å². The van der Waals surface area contributed by atoms with Gasteiger partial charge in [0, 0.05) is 17.9 Å². The smallest absolute Gasteiger partial charge is 0.0408 e. The van der Waals surface area contributed by atoms with Crippen molar-refractivity contribution in [2.75, 3.05) is 11.4 Å². The van der Waals surface area contributed by atoms with E-state index >= 15 is 0 Å². The Bertz CT molecular complexity index is 339. The van der Waals surface area contributed by atoms with E-state index in [4.69, 9.17) is 0 Å². The highest BCUT2D eigenvalue weighted by Gasteiger charge is 2.31. The van der Waals surface area contributed by atoms with Gasteiger partial charge >= 0.3 is 0 Å². The van der Waals surface area contributed by atoms with Crippen LogP contribution in [-0.2, 0) is 0 Å². The highest BCUT2D eigenvalue weighted by molar-refractivity contribution is 5.55. The zero-order chi connectivity index (χ0) is 8.67. The lowest BCUT2D eigenvalue weighted by Gasteiger charge is -2.22. The molecule has 1 fully saturated rings. The van der Waals surface area contributed by atoms with Crippen LogP contribution in [0.5, 0.6) is 0 Å². The lowest BCUT2D eigenvalue weighted by Crippen LogP contribution is -2.20. The molecule has 0 spiro atoms. The molecule has 0 radical (unpaired) electrons. The predicted octanol–water partition coefficient (Wildman–Crippen LogP) is 2.80. The standard InChI is InChI=1S/C12H13N/c1-2-4-11(5-3-1)13-9-10-6-7-12(13)8-10/h1-5,7,10H,6,8-9H2. The molecule has 1 aliphatic heterocycles. The van der Waals surface area contributed by atoms with Gasteiger partial charge in [-0.2, -0.15) is 0 Å². The molecule has 1 nitrogen and oxygen atoms in total. The monoisotopic (exact) mass is 171 g/mol. The normalized spacial score (nSPS) is 25.1. The predicted molar refractivity (Wildman–Crippen MR) is 54.6 cm³/mol. The van der Waals surface area contributed by atoms with Crippen LogP contribution in [0, 0.1) is 5.92 Å². The van der Waals surface area contributed by atoms with Crippen molar-refractivity contribution in [3.8, 4) is 0 Å². The second-order valence-electron chi connectivity index (χ2n) is 3.95. The molecule has 2 aliphatic rings. The molecule has 3 rings (SSSR count). The van der Waals surface area contributed by atoms with Gasteiger partial charge in [-0.05, 0) is 30.9 Å². The third-order valence-corrected chi connectivity index (χ3v) is 3.04. The van der Waals surface area contributed by atoms with Crippen LogP contribution in [0.2, 0.25) is 0 Å². The molecule has 1 aromatic rings. The minimum atomic E-state index is 0.898. The number of allylic oxidation sites excluding steroid dienone is 2. The molecule has 1 heterocycles. The summed E-state index contributed by atoms with van der Waals surface area (Å²) < 4.78 is 0. The van der Waals surface area contributed by atoms with E-state index in [0.29, 0.717) is 0 Å². The molecule has 0 N–H and O–H groups in total. The average Bonchev–Trinajstić information content (AvgIpc) is 2.80. The second kappa shape index (κ2) is 2.63. The minimum absolute atomic E-state index is 0.898. The summed E-state index contributed by atoms with van der Waals surface area (Å²) in [5.41, 5.74) is 2.90. The summed E-state index contributed by atoms with van der Waals surface area (Å²) in [5, 5.41) is 0. The number of para-hydroxylation sites is 1. The summed E-state index contributed by atoms with van der Waals surface area (Å²) in [7, 11) is 0. The largest absolute Gasteiger partial charge is 0.345 e. The van der Waals surface area contributed by atoms with E-state index in [1.54, 1.807) is 0 Å². The molecule has 1 aliphatic carbocycles. The van der Waals surface area contributed by atoms with Crippen LogP contribution in [0.3, 0.4) is 0 Å². The van der Waals surface area contributed by atoms with Gasteiger partial charge in [-0.1, -0.05) is 24.3 Å². The first-order valence-corrected chi connectivity index (χ1v) is 4.95. The van der Waals surface area contributed by atoms with Gasteiger partial charge in [0.25, 0.3) is 0 Å². The number of fused-ring (bicyclic) bond motifs is 2. The SMILES string of the molecule is C1=C2CC(C1)CN2c1ccccc1. The van der Waals surface area contributed by atoms with Crippen LogP contribution in [0.4, 0.5) is 5.69 Å². The van der Waals surface area contributed by atoms with Crippen molar-refractivity contribution in [2.24, 2.45) is 5.92 Å². The summed E-state index contributed by atoms with van der Waals surface area (Å²) >= 11 is 0. The van der Waals surface area contributed by atoms with Gasteiger partial charge in [-0.15, -0.1) is 0 Å². The zero-order valence-electron chi connectivity index (χ0n) is 7.61. The molecule has 1 unspecified atom stereocenters. The molecule has 0 amide bonds. The van der Waals surface area contributed by atoms with Gasteiger partial charge in [0.2, 0.25) is 0 Å². The summed E-state index contributed by atoms with van der Waals surface area (Å²) in [6.45, 7) is 1.23. The minimum Gasteiger partial charge on any atom is -0.345 e. The molecule has 2 bridgehead atoms. The maximum atomic E-state index is 2.45. The summed E-state index contributed by atoms with van der Waals surface area (Å²) in [4.78, 5) is 2.45. The molecule has 0 saturated carbocycles. The molecule has 1 heteroatoms. The summed E-state index contributed by atoms with van der Waals surface area (Å²) in [6, 6.07) is 10.7. The van der Waals surface area contributed by atoms with Gasteiger partial charge < -0.3 is 4.90 Å². The van der Waals surface area contributed by atoms with E-state index in [1.807, 2.05) is 0 Å². The topological polar surface area (TPSA) is 3.24 Å². The Labute approximate surface area is 78.7 Å². The number of benzene rings is 1. The van der Waals surface area contributed by atoms with Gasteiger partial charge in [-0.25, -0.2) is 0 Å². The first-order valence-electron chi connectivity index (χ1n) is 4.95. The molecule has 13 heavy (non-hydrogen) atoms. The number of anilines is 1. The Morgan fingerprint density at radius 1 is 1.15 bits per heavy atom. The van der Waals surface area contributed by atoms with Crippen molar-refractivity contribution >= 4 is 5.69 Å². The van der Waals surface area contributed by atoms with Crippen molar-refractivity contribution < 1.29 is 0 Å². The number of hydrogen-bond acceptors (Lipinski definition) is 1. The van der Waals surface area contributed by atoms with Crippen molar-refractivity contribution in [3.05, 3.63) is 42.1 Å². The van der Waals surface area contributed by atoms with Crippen LogP contribution >= 0.6 is 0 Å². The second-order valence-corrected chi connectivity index (χ2v) is 3.95. The Kier molecular flexibility index (Phi) is 1.45. The highest BCUT2D eigenvalue weighted by atomic mass is 15.2. The summed E-state index contributed by atoms with van der Waals surface area (Å²) in [6.07, 6.45) is 4.99. The molecular weight excluding hydrogens is 158 g/mol. The lowest BCUT2D eigenvalue weighted by molar-refractivity contribution is 0.622. The fourth-order valence-corrected chi connectivity index (χ4v) is 2.38. The van der Waals surface area contributed by atoms with Crippen molar-refractivity contribution in [1.29, 1.82) is 0 Å². The first kappa shape index (κ1) is 7.19. The van der Waals surface area contributed by atoms with Crippen LogP contribution in [0.15, 0.2) is 42.1 Å². The summed E-state index contributed by atoms with van der Waals surface area (Å²) in [5.74, 6) is 0.898. The third kappa shape index (κ3) is 1.07. The van der Waals surface area contributed by atoms with Gasteiger partial charge in [-0.3, -0.25) is 0 Å². The number of hydrogen-bond donors (Lipinski definition) is 0. The van der Waals surface area contributed by atoms with Crippen LogP contribution in [0.1, 0.15) is 12.8 Å². The van der Waals surface area contributed by atoms with E-state index in [-0.39, 0.29) is 0 Å². The fraction of sp³-hybridized carbons (Fsp3) is 0.333. The molecule has 1 atom stereocenters. The molecule has 66 valence electrons. The Balaban J connectivity index is 1.95. The van der Waals surface area contributed by atoms with Crippen molar-refractivity contribution in [1.82, 2.24) is 0 Å². The number of nitrogens with zero attached hydrogens (tertiary/aromatic N) is 1. The fourth-order valence-electron chi connectivity index (χ4n) is 2.38. The van der Waals surface area contributed by atoms with E-state index in [1.165, 1.54) is 30.8 Å². The van der Waals surface area contributed by atoms with Gasteiger partial charge in [0.15, 0.2) is 0 Å². The van der Waals surface area contributed by atoms with E-state index in [0.717, 1.165) is 5.92 Å². The average molecular weight is 171 g/mol. The van der Waals surface area contributed by atoms with E-state index < -0.39 is 0 Å². The zero-order valence-corrected chi connectivity index (χ0v) is 7.61. The maximum absolute atomic E-state index is 2.45. The lowest BCUT2D eigenvalue weighted by atomic mass is 10.1. The molecular formula is C12H13N. The van der Waals surface area contributed by atoms with Crippen molar-refractivity contribution in [2.45, 2.75) is 12.8 Å². The number of rotatable bonds is 1. The van der Waals surface area contributed by atoms with E-state index in [9.17, 15) is 0 Å². The van der Waals surface area contributed by atoms with Gasteiger partial charge in [0.05, 0.1) is 0 Å². The van der Waals surface area contributed by atoms with Crippen LogP contribution in [-0.4, -0.2) is 6.54 Å². The Hall–Kier alpha value is -1.24. The molecule has 0 aromatic heterocycles. The van der Waals surface area contributed by atoms with Gasteiger partial charge in [0.1, 0.15) is 0 Å². The van der Waals surface area contributed by atoms with E-state index in [2.05, 4.69) is 41.3 Å². The maximum Gasteiger partial charge on any atom is 0.0408 e. The first-order chi connectivity index (χ1) is 6.43. The Morgan fingerprint density at radius 3 is 2.62 bits per heavy atom. The Morgan fingerprint density at radius 2 is 2.00 bits per heavy atom. The molecule has 1 saturated heterocycles. The highest BCUT2D eigenvalue weighted by Crippen LogP contribution is 2.38.